The summed E-state index contributed by atoms with van der Waals surface area (Å²) in [5.74, 6) is 0.473. The van der Waals surface area contributed by atoms with Gasteiger partial charge >= 0.3 is 0 Å². The van der Waals surface area contributed by atoms with E-state index in [4.69, 9.17) is 10.5 Å². The second-order valence-corrected chi connectivity index (χ2v) is 6.79. The summed E-state index contributed by atoms with van der Waals surface area (Å²) >= 11 is 3.50. The van der Waals surface area contributed by atoms with Crippen molar-refractivity contribution in [1.29, 1.82) is 0 Å². The number of carbonyl (C=O) groups excluding carboxylic acids is 1. The van der Waals surface area contributed by atoms with E-state index in [1.807, 2.05) is 19.1 Å². The van der Waals surface area contributed by atoms with Crippen LogP contribution >= 0.6 is 15.9 Å². The highest BCUT2D eigenvalue weighted by molar-refractivity contribution is 9.10. The monoisotopic (exact) mass is 342 g/mol. The third-order valence-corrected chi connectivity index (χ3v) is 3.18. The Morgan fingerprint density at radius 1 is 1.40 bits per heavy atom. The number of amides is 1. The summed E-state index contributed by atoms with van der Waals surface area (Å²) in [4.78, 5) is 10.8. The molecule has 0 fully saturated rings. The van der Waals surface area contributed by atoms with Crippen LogP contribution in [-0.2, 0) is 11.3 Å². The zero-order valence-corrected chi connectivity index (χ0v) is 14.1. The molecule has 0 saturated heterocycles. The minimum atomic E-state index is -0.353. The van der Waals surface area contributed by atoms with Crippen LogP contribution in [0.2, 0.25) is 0 Å². The first-order valence-corrected chi connectivity index (χ1v) is 7.43. The summed E-state index contributed by atoms with van der Waals surface area (Å²) in [6, 6.07) is 4.03. The molecule has 1 rings (SSSR count). The number of nitrogens with two attached hydrogens (primary N) is 1. The van der Waals surface area contributed by atoms with Crippen molar-refractivity contribution in [3.05, 3.63) is 27.7 Å². The number of rotatable bonds is 6. The summed E-state index contributed by atoms with van der Waals surface area (Å²) in [7, 11) is 0. The second kappa shape index (κ2) is 7.09. The molecule has 0 radical (unpaired) electrons. The van der Waals surface area contributed by atoms with Crippen molar-refractivity contribution >= 4 is 21.8 Å². The van der Waals surface area contributed by atoms with Gasteiger partial charge in [0.05, 0.1) is 13.0 Å². The smallest absolute Gasteiger partial charge is 0.220 e. The lowest BCUT2D eigenvalue weighted by atomic mass is 10.1. The Hall–Kier alpha value is -1.07. The zero-order valence-electron chi connectivity index (χ0n) is 12.5. The van der Waals surface area contributed by atoms with E-state index < -0.39 is 0 Å². The molecule has 0 saturated carbocycles. The summed E-state index contributed by atoms with van der Waals surface area (Å²) in [6.07, 6.45) is 0.224. The van der Waals surface area contributed by atoms with Crippen LogP contribution in [0.15, 0.2) is 16.6 Å². The van der Waals surface area contributed by atoms with Gasteiger partial charge in [-0.25, -0.2) is 0 Å². The first-order valence-electron chi connectivity index (χ1n) is 6.64. The number of aryl methyl sites for hydroxylation is 1. The van der Waals surface area contributed by atoms with Gasteiger partial charge in [-0.15, -0.1) is 0 Å². The lowest BCUT2D eigenvalue weighted by Gasteiger charge is -2.22. The fourth-order valence-corrected chi connectivity index (χ4v) is 2.37. The van der Waals surface area contributed by atoms with Gasteiger partial charge in [0.15, 0.2) is 0 Å². The van der Waals surface area contributed by atoms with E-state index >= 15 is 0 Å². The van der Waals surface area contributed by atoms with E-state index in [0.29, 0.717) is 13.2 Å². The minimum Gasteiger partial charge on any atom is -0.492 e. The maximum absolute atomic E-state index is 10.8. The fourth-order valence-electron chi connectivity index (χ4n) is 1.75. The molecule has 0 bridgehead atoms. The quantitative estimate of drug-likeness (QED) is 0.835. The predicted octanol–water partition coefficient (Wildman–Crippen LogP) is 2.90. The molecule has 0 spiro atoms. The van der Waals surface area contributed by atoms with Gasteiger partial charge < -0.3 is 15.8 Å². The van der Waals surface area contributed by atoms with Crippen LogP contribution in [0.4, 0.5) is 0 Å². The number of halogens is 1. The highest BCUT2D eigenvalue weighted by Gasteiger charge is 2.13. The number of carbonyl (C=O) groups is 1. The molecule has 0 aliphatic rings. The Morgan fingerprint density at radius 2 is 2.05 bits per heavy atom. The lowest BCUT2D eigenvalue weighted by Crippen LogP contribution is -2.35. The number of primary amides is 1. The van der Waals surface area contributed by atoms with Crippen molar-refractivity contribution < 1.29 is 9.53 Å². The average molecular weight is 343 g/mol. The largest absolute Gasteiger partial charge is 0.492 e. The third-order valence-electron chi connectivity index (χ3n) is 2.72. The van der Waals surface area contributed by atoms with Crippen LogP contribution in [0.5, 0.6) is 5.75 Å². The Morgan fingerprint density at radius 3 is 2.60 bits per heavy atom. The summed E-state index contributed by atoms with van der Waals surface area (Å²) < 4.78 is 6.75. The molecule has 5 heteroatoms. The Balaban J connectivity index is 2.87. The van der Waals surface area contributed by atoms with Crippen LogP contribution in [0.1, 0.15) is 38.3 Å². The molecule has 4 nitrogen and oxygen atoms in total. The van der Waals surface area contributed by atoms with Crippen molar-refractivity contribution in [2.24, 2.45) is 5.73 Å². The van der Waals surface area contributed by atoms with Gasteiger partial charge in [-0.05, 0) is 45.4 Å². The Bertz CT molecular complexity index is 481. The third kappa shape index (κ3) is 5.92. The van der Waals surface area contributed by atoms with Crippen LogP contribution in [0, 0.1) is 6.92 Å². The molecule has 0 aliphatic carbocycles. The van der Waals surface area contributed by atoms with Gasteiger partial charge in [-0.3, -0.25) is 4.79 Å². The molecule has 20 heavy (non-hydrogen) atoms. The first kappa shape index (κ1) is 17.0. The van der Waals surface area contributed by atoms with Crippen LogP contribution in [-0.4, -0.2) is 18.1 Å². The topological polar surface area (TPSA) is 64.3 Å². The standard InChI is InChI=1S/C15H23BrN2O2/c1-10-7-12(16)8-11(9-18-15(2,3)4)14(10)20-6-5-13(17)19/h7-8,18H,5-6,9H2,1-4H3,(H2,17,19). The van der Waals surface area contributed by atoms with Gasteiger partial charge in [0.25, 0.3) is 0 Å². The highest BCUT2D eigenvalue weighted by Crippen LogP contribution is 2.28. The minimum absolute atomic E-state index is 0.0285. The number of hydrogen-bond acceptors (Lipinski definition) is 3. The van der Waals surface area contributed by atoms with Gasteiger partial charge in [-0.2, -0.15) is 0 Å². The molecular formula is C15H23BrN2O2. The lowest BCUT2D eigenvalue weighted by molar-refractivity contribution is -0.118. The van der Waals surface area contributed by atoms with E-state index in [1.54, 1.807) is 0 Å². The van der Waals surface area contributed by atoms with Crippen LogP contribution < -0.4 is 15.8 Å². The van der Waals surface area contributed by atoms with Crippen molar-refractivity contribution in [2.45, 2.75) is 46.2 Å². The number of hydrogen-bond donors (Lipinski definition) is 2. The maximum Gasteiger partial charge on any atom is 0.220 e. The van der Waals surface area contributed by atoms with Crippen LogP contribution in [0.25, 0.3) is 0 Å². The summed E-state index contributed by atoms with van der Waals surface area (Å²) in [5, 5.41) is 3.44. The normalized spacial score (nSPS) is 11.4. The Kier molecular flexibility index (Phi) is 6.02. The SMILES string of the molecule is Cc1cc(Br)cc(CNC(C)(C)C)c1OCCC(N)=O. The fraction of sp³-hybridized carbons (Fsp3) is 0.533. The molecule has 1 aromatic carbocycles. The molecule has 3 N–H and O–H groups in total. The van der Waals surface area contributed by atoms with E-state index in [2.05, 4.69) is 42.0 Å². The molecule has 0 aromatic heterocycles. The maximum atomic E-state index is 10.8. The van der Waals surface area contributed by atoms with Gasteiger partial charge in [0.1, 0.15) is 5.75 Å². The van der Waals surface area contributed by atoms with E-state index in [1.165, 1.54) is 0 Å². The Labute approximate surface area is 129 Å². The van der Waals surface area contributed by atoms with Crippen molar-refractivity contribution in [3.8, 4) is 5.75 Å². The molecule has 112 valence electrons. The number of nitrogens with one attached hydrogen (secondary N) is 1. The molecule has 0 unspecified atom stereocenters. The summed E-state index contributed by atoms with van der Waals surface area (Å²) in [5.41, 5.74) is 7.26. The molecule has 1 amide bonds. The average Bonchev–Trinajstić information content (AvgIpc) is 2.27. The van der Waals surface area contributed by atoms with Gasteiger partial charge in [-0.1, -0.05) is 15.9 Å². The van der Waals surface area contributed by atoms with Crippen molar-refractivity contribution in [3.63, 3.8) is 0 Å². The summed E-state index contributed by atoms with van der Waals surface area (Å²) in [6.45, 7) is 9.35. The first-order chi connectivity index (χ1) is 9.19. The predicted molar refractivity (Wildman–Crippen MR) is 84.8 cm³/mol. The van der Waals surface area contributed by atoms with Gasteiger partial charge in [0, 0.05) is 22.1 Å². The number of benzene rings is 1. The molecule has 0 aliphatic heterocycles. The molecular weight excluding hydrogens is 320 g/mol. The van der Waals surface area contributed by atoms with E-state index in [9.17, 15) is 4.79 Å². The molecule has 0 atom stereocenters. The zero-order chi connectivity index (χ0) is 15.3. The highest BCUT2D eigenvalue weighted by atomic mass is 79.9. The van der Waals surface area contributed by atoms with Crippen LogP contribution in [0.3, 0.4) is 0 Å². The van der Waals surface area contributed by atoms with E-state index in [-0.39, 0.29) is 17.9 Å². The number of ether oxygens (including phenoxy) is 1. The van der Waals surface area contributed by atoms with Crippen molar-refractivity contribution in [1.82, 2.24) is 5.32 Å². The second-order valence-electron chi connectivity index (χ2n) is 5.88. The molecule has 1 aromatic rings. The van der Waals surface area contributed by atoms with Crippen molar-refractivity contribution in [2.75, 3.05) is 6.61 Å². The molecule has 0 heterocycles. The van der Waals surface area contributed by atoms with Gasteiger partial charge in [0.2, 0.25) is 5.91 Å². The van der Waals surface area contributed by atoms with E-state index in [0.717, 1.165) is 21.3 Å².